The molecule has 192 valence electrons. The molecule has 0 spiro atoms. The number of hydrogen-bond donors (Lipinski definition) is 2. The molecule has 0 aromatic carbocycles. The second-order valence-electron chi connectivity index (χ2n) is 8.53. The van der Waals surface area contributed by atoms with Crippen LogP contribution in [0.25, 0.3) is 0 Å². The first-order valence-corrected chi connectivity index (χ1v) is 15.1. The van der Waals surface area contributed by atoms with Crippen LogP contribution in [0.4, 0.5) is 0 Å². The van der Waals surface area contributed by atoms with E-state index in [1.54, 1.807) is 0 Å². The van der Waals surface area contributed by atoms with Crippen molar-refractivity contribution in [3.05, 3.63) is 0 Å². The van der Waals surface area contributed by atoms with Gasteiger partial charge in [0.1, 0.15) is 0 Å². The Morgan fingerprint density at radius 1 is 0.452 bits per heavy atom. The summed E-state index contributed by atoms with van der Waals surface area (Å²) in [4.78, 5) is 3.68. The molecule has 0 aromatic rings. The maximum absolute atomic E-state index is 8.59. The molecule has 0 rings (SSSR count). The van der Waals surface area contributed by atoms with Gasteiger partial charge < -0.3 is 9.80 Å². The van der Waals surface area contributed by atoms with Crippen molar-refractivity contribution in [2.24, 2.45) is 0 Å². The third-order valence-corrected chi connectivity index (χ3v) is 5.30. The van der Waals surface area contributed by atoms with Crippen molar-refractivity contribution >= 4 is 0 Å². The number of quaternary nitrogens is 2. The molecule has 2 N–H and O–H groups in total. The Bertz CT molecular complexity index is 350. The second kappa shape index (κ2) is 28.0. The van der Waals surface area contributed by atoms with Gasteiger partial charge in [-0.15, -0.1) is 0 Å². The fraction of sp³-hybridized carbons (Fsp3) is 1.00. The van der Waals surface area contributed by atoms with Crippen LogP contribution in [-0.4, -0.2) is 39.3 Å². The Morgan fingerprint density at radius 2 is 0.581 bits per heavy atom. The summed E-state index contributed by atoms with van der Waals surface area (Å²) in [5.41, 5.74) is 0. The Labute approximate surface area is 197 Å². The molecular formula is C24H56CrN2O4. The SMILES string of the molecule is CCCC[NH+](CCCC)CCCC.CCCC[NH+](CCCC)CCCC.[O]=[Cr](=[O])([O-])[O-]. The van der Waals surface area contributed by atoms with Gasteiger partial charge in [0, 0.05) is 0 Å². The van der Waals surface area contributed by atoms with Crippen molar-refractivity contribution in [1.82, 2.24) is 0 Å². The number of rotatable bonds is 18. The van der Waals surface area contributed by atoms with E-state index in [1.165, 1.54) is 116 Å². The van der Waals surface area contributed by atoms with Crippen molar-refractivity contribution in [2.45, 2.75) is 119 Å². The molecule has 0 heterocycles. The summed E-state index contributed by atoms with van der Waals surface area (Å²) >= 11 is -5.75. The van der Waals surface area contributed by atoms with E-state index in [0.29, 0.717) is 0 Å². The molecule has 0 aliphatic carbocycles. The van der Waals surface area contributed by atoms with Gasteiger partial charge >= 0.3 is 29.5 Å². The van der Waals surface area contributed by atoms with E-state index in [0.717, 1.165) is 0 Å². The predicted molar refractivity (Wildman–Crippen MR) is 122 cm³/mol. The first-order chi connectivity index (χ1) is 14.7. The zero-order valence-electron chi connectivity index (χ0n) is 21.8. The van der Waals surface area contributed by atoms with Gasteiger partial charge in [-0.05, 0) is 38.5 Å². The van der Waals surface area contributed by atoms with Gasteiger partial charge in [-0.25, -0.2) is 0 Å². The Hall–Kier alpha value is -0.0275. The number of hydrogen-bond acceptors (Lipinski definition) is 4. The summed E-state index contributed by atoms with van der Waals surface area (Å²) < 4.78 is 34.4. The van der Waals surface area contributed by atoms with Crippen LogP contribution in [0.1, 0.15) is 119 Å². The summed E-state index contributed by atoms with van der Waals surface area (Å²) in [5, 5.41) is 0. The van der Waals surface area contributed by atoms with Crippen molar-refractivity contribution < 1.29 is 39.3 Å². The van der Waals surface area contributed by atoms with E-state index in [1.807, 2.05) is 9.80 Å². The average molecular weight is 489 g/mol. The zero-order valence-corrected chi connectivity index (χ0v) is 23.0. The summed E-state index contributed by atoms with van der Waals surface area (Å²) in [6.45, 7) is 22.1. The van der Waals surface area contributed by atoms with Crippen LogP contribution in [0.15, 0.2) is 0 Å². The van der Waals surface area contributed by atoms with Crippen LogP contribution >= 0.6 is 0 Å². The van der Waals surface area contributed by atoms with E-state index < -0.39 is 13.6 Å². The van der Waals surface area contributed by atoms with Gasteiger partial charge in [-0.3, -0.25) is 0 Å². The topological polar surface area (TPSA) is 89.1 Å². The van der Waals surface area contributed by atoms with Gasteiger partial charge in [0.15, 0.2) is 0 Å². The minimum absolute atomic E-state index is 1.35. The Kier molecular flexibility index (Phi) is 32.1. The van der Waals surface area contributed by atoms with E-state index in [2.05, 4.69) is 41.5 Å². The van der Waals surface area contributed by atoms with Gasteiger partial charge in [0.2, 0.25) is 0 Å². The van der Waals surface area contributed by atoms with Crippen molar-refractivity contribution in [1.29, 1.82) is 0 Å². The van der Waals surface area contributed by atoms with Crippen molar-refractivity contribution in [3.63, 3.8) is 0 Å². The zero-order chi connectivity index (χ0) is 24.4. The number of nitrogens with one attached hydrogen (secondary N) is 2. The van der Waals surface area contributed by atoms with Crippen LogP contribution in [-0.2, 0) is 21.2 Å². The van der Waals surface area contributed by atoms with Crippen LogP contribution in [0.2, 0.25) is 0 Å². The third kappa shape index (κ3) is 40.8. The predicted octanol–water partition coefficient (Wildman–Crippen LogP) is 1.93. The summed E-state index contributed by atoms with van der Waals surface area (Å²) in [5.74, 6) is 0. The quantitative estimate of drug-likeness (QED) is 0.309. The molecule has 0 aromatic heterocycles. The molecule has 0 saturated heterocycles. The molecular weight excluding hydrogens is 432 g/mol. The molecule has 0 unspecified atom stereocenters. The summed E-state index contributed by atoms with van der Waals surface area (Å²) in [6.07, 6.45) is 16.5. The molecule has 0 bridgehead atoms. The van der Waals surface area contributed by atoms with Crippen LogP contribution in [0, 0.1) is 0 Å². The van der Waals surface area contributed by atoms with Crippen molar-refractivity contribution in [2.75, 3.05) is 39.3 Å². The minimum atomic E-state index is -5.75. The summed E-state index contributed by atoms with van der Waals surface area (Å²) in [6, 6.07) is 0. The molecule has 31 heavy (non-hydrogen) atoms. The Balaban J connectivity index is -0.000000416. The fourth-order valence-electron chi connectivity index (χ4n) is 3.31. The van der Waals surface area contributed by atoms with Crippen LogP contribution in [0.3, 0.4) is 0 Å². The Morgan fingerprint density at radius 3 is 0.677 bits per heavy atom. The normalized spacial score (nSPS) is 11.2. The summed E-state index contributed by atoms with van der Waals surface area (Å²) in [7, 11) is 0. The van der Waals surface area contributed by atoms with E-state index >= 15 is 0 Å². The number of unbranched alkanes of at least 4 members (excludes halogenated alkanes) is 6. The molecule has 0 atom stereocenters. The molecule has 6 nitrogen and oxygen atoms in total. The molecule has 0 radical (unpaired) electrons. The fourth-order valence-corrected chi connectivity index (χ4v) is 3.31. The molecule has 0 amide bonds. The van der Waals surface area contributed by atoms with E-state index in [-0.39, 0.29) is 0 Å². The molecule has 0 saturated carbocycles. The van der Waals surface area contributed by atoms with Gasteiger partial charge in [-0.2, -0.15) is 0 Å². The molecule has 0 fully saturated rings. The standard InChI is InChI=1S/2C12H27N.Cr.4O/c2*1-4-7-10-13(11-8-5-2)12-9-6-3;;;;;/h2*4-12H2,1-3H3;;;;;/q;;;;;2*-1/p+2. The van der Waals surface area contributed by atoms with E-state index in [9.17, 15) is 0 Å². The van der Waals surface area contributed by atoms with Crippen LogP contribution < -0.4 is 18.1 Å². The van der Waals surface area contributed by atoms with Gasteiger partial charge in [0.05, 0.1) is 39.3 Å². The van der Waals surface area contributed by atoms with Gasteiger partial charge in [-0.1, -0.05) is 80.1 Å². The molecule has 0 aliphatic heterocycles. The molecule has 0 aliphatic rings. The van der Waals surface area contributed by atoms with Gasteiger partial charge in [0.25, 0.3) is 0 Å². The average Bonchev–Trinajstić information content (AvgIpc) is 2.72. The third-order valence-electron chi connectivity index (χ3n) is 5.30. The van der Waals surface area contributed by atoms with Crippen molar-refractivity contribution in [3.8, 4) is 0 Å². The molecule has 7 heteroatoms. The monoisotopic (exact) mass is 488 g/mol. The second-order valence-corrected chi connectivity index (χ2v) is 9.80. The van der Waals surface area contributed by atoms with E-state index in [4.69, 9.17) is 15.9 Å². The first kappa shape index (κ1) is 35.6. The maximum atomic E-state index is 8.59. The first-order valence-electron chi connectivity index (χ1n) is 13.0. The van der Waals surface area contributed by atoms with Crippen LogP contribution in [0.5, 0.6) is 0 Å².